The largest absolute Gasteiger partial charge is 0.379 e. The molecule has 0 aromatic heterocycles. The summed E-state index contributed by atoms with van der Waals surface area (Å²) in [4.78, 5) is 2.50. The van der Waals surface area contributed by atoms with Gasteiger partial charge in [0.05, 0.1) is 13.2 Å². The maximum absolute atomic E-state index is 6.43. The highest BCUT2D eigenvalue weighted by Crippen LogP contribution is 2.39. The van der Waals surface area contributed by atoms with Crippen LogP contribution in [0.4, 0.5) is 0 Å². The lowest BCUT2D eigenvalue weighted by molar-refractivity contribution is 0.0272. The Hall–Kier alpha value is -1.68. The third kappa shape index (κ3) is 3.39. The molecule has 1 aliphatic rings. The van der Waals surface area contributed by atoms with Crippen LogP contribution in [0.3, 0.4) is 0 Å². The molecular formula is C21H28N2O. The summed E-state index contributed by atoms with van der Waals surface area (Å²) in [6, 6.07) is 21.5. The van der Waals surface area contributed by atoms with Crippen molar-refractivity contribution in [2.75, 3.05) is 39.4 Å². The second-order valence-corrected chi connectivity index (χ2v) is 6.72. The van der Waals surface area contributed by atoms with E-state index in [1.54, 1.807) is 0 Å². The van der Waals surface area contributed by atoms with E-state index in [0.29, 0.717) is 12.5 Å². The van der Waals surface area contributed by atoms with Crippen molar-refractivity contribution in [3.8, 4) is 0 Å². The first kappa shape index (κ1) is 17.2. The molecule has 1 unspecified atom stereocenters. The maximum Gasteiger partial charge on any atom is 0.0594 e. The number of rotatable bonds is 6. The summed E-state index contributed by atoms with van der Waals surface area (Å²) in [6.45, 7) is 7.65. The van der Waals surface area contributed by atoms with Gasteiger partial charge < -0.3 is 10.5 Å². The number of hydrogen-bond acceptors (Lipinski definition) is 3. The van der Waals surface area contributed by atoms with Gasteiger partial charge >= 0.3 is 0 Å². The van der Waals surface area contributed by atoms with Crippen LogP contribution in [0, 0.1) is 5.92 Å². The molecule has 2 N–H and O–H groups in total. The third-order valence-electron chi connectivity index (χ3n) is 5.38. The van der Waals surface area contributed by atoms with Gasteiger partial charge in [-0.15, -0.1) is 0 Å². The summed E-state index contributed by atoms with van der Waals surface area (Å²) in [7, 11) is 0. The minimum atomic E-state index is -0.166. The van der Waals surface area contributed by atoms with Gasteiger partial charge in [0.25, 0.3) is 0 Å². The van der Waals surface area contributed by atoms with Crippen LogP contribution in [0.2, 0.25) is 0 Å². The molecule has 0 amide bonds. The molecular weight excluding hydrogens is 296 g/mol. The zero-order chi connectivity index (χ0) is 16.8. The summed E-state index contributed by atoms with van der Waals surface area (Å²) in [6.07, 6.45) is 0. The minimum absolute atomic E-state index is 0.166. The number of ether oxygens (including phenoxy) is 1. The van der Waals surface area contributed by atoms with Crippen LogP contribution in [-0.2, 0) is 10.2 Å². The Kier molecular flexibility index (Phi) is 5.67. The Bertz CT molecular complexity index is 569. The Morgan fingerprint density at radius 1 is 0.958 bits per heavy atom. The van der Waals surface area contributed by atoms with E-state index in [0.717, 1.165) is 32.8 Å². The summed E-state index contributed by atoms with van der Waals surface area (Å²) in [5, 5.41) is 0. The van der Waals surface area contributed by atoms with E-state index in [1.807, 2.05) is 0 Å². The van der Waals surface area contributed by atoms with Crippen LogP contribution in [0.25, 0.3) is 0 Å². The third-order valence-corrected chi connectivity index (χ3v) is 5.38. The maximum atomic E-state index is 6.43. The Balaban J connectivity index is 1.97. The van der Waals surface area contributed by atoms with Crippen LogP contribution in [-0.4, -0.2) is 44.3 Å². The van der Waals surface area contributed by atoms with Crippen molar-refractivity contribution in [2.45, 2.75) is 12.3 Å². The second kappa shape index (κ2) is 7.93. The first-order chi connectivity index (χ1) is 11.8. The molecule has 2 aromatic carbocycles. The van der Waals surface area contributed by atoms with Crippen LogP contribution in [0.5, 0.6) is 0 Å². The van der Waals surface area contributed by atoms with Crippen molar-refractivity contribution >= 4 is 0 Å². The second-order valence-electron chi connectivity index (χ2n) is 6.72. The number of nitrogens with zero attached hydrogens (tertiary/aromatic N) is 1. The van der Waals surface area contributed by atoms with Gasteiger partial charge in [-0.05, 0) is 17.0 Å². The van der Waals surface area contributed by atoms with E-state index >= 15 is 0 Å². The van der Waals surface area contributed by atoms with Crippen molar-refractivity contribution in [1.82, 2.24) is 4.90 Å². The van der Waals surface area contributed by atoms with Crippen molar-refractivity contribution in [3.05, 3.63) is 71.8 Å². The topological polar surface area (TPSA) is 38.5 Å². The molecule has 1 fully saturated rings. The summed E-state index contributed by atoms with van der Waals surface area (Å²) in [5.74, 6) is 0.408. The highest BCUT2D eigenvalue weighted by molar-refractivity contribution is 5.41. The van der Waals surface area contributed by atoms with Gasteiger partial charge in [0.1, 0.15) is 0 Å². The molecule has 3 heteroatoms. The molecule has 3 nitrogen and oxygen atoms in total. The first-order valence-electron chi connectivity index (χ1n) is 8.88. The Labute approximate surface area is 145 Å². The highest BCUT2D eigenvalue weighted by Gasteiger charge is 2.39. The molecule has 3 rings (SSSR count). The Morgan fingerprint density at radius 3 is 1.92 bits per heavy atom. The first-order valence-corrected chi connectivity index (χ1v) is 8.88. The van der Waals surface area contributed by atoms with E-state index in [4.69, 9.17) is 10.5 Å². The summed E-state index contributed by atoms with van der Waals surface area (Å²) < 4.78 is 5.50. The lowest BCUT2D eigenvalue weighted by Crippen LogP contribution is -2.49. The SMILES string of the molecule is CC(CN1CCOCC1)C(CN)(c1ccccc1)c1ccccc1. The summed E-state index contributed by atoms with van der Waals surface area (Å²) in [5.41, 5.74) is 8.88. The molecule has 24 heavy (non-hydrogen) atoms. The molecule has 0 radical (unpaired) electrons. The van der Waals surface area contributed by atoms with Crippen LogP contribution >= 0.6 is 0 Å². The van der Waals surface area contributed by atoms with Gasteiger partial charge in [-0.3, -0.25) is 4.90 Å². The summed E-state index contributed by atoms with van der Waals surface area (Å²) >= 11 is 0. The molecule has 2 aromatic rings. The van der Waals surface area contributed by atoms with E-state index < -0.39 is 0 Å². The van der Waals surface area contributed by atoms with Gasteiger partial charge in [0.2, 0.25) is 0 Å². The molecule has 0 saturated carbocycles. The van der Waals surface area contributed by atoms with Crippen molar-refractivity contribution < 1.29 is 4.74 Å². The highest BCUT2D eigenvalue weighted by atomic mass is 16.5. The van der Waals surface area contributed by atoms with Gasteiger partial charge in [-0.1, -0.05) is 67.6 Å². The van der Waals surface area contributed by atoms with Gasteiger partial charge in [-0.25, -0.2) is 0 Å². The number of nitrogens with two attached hydrogens (primary N) is 1. The van der Waals surface area contributed by atoms with E-state index in [2.05, 4.69) is 72.5 Å². The Morgan fingerprint density at radius 2 is 1.46 bits per heavy atom. The van der Waals surface area contributed by atoms with Gasteiger partial charge in [-0.2, -0.15) is 0 Å². The standard InChI is InChI=1S/C21H28N2O/c1-18(16-23-12-14-24-15-13-23)21(17-22,19-8-4-2-5-9-19)20-10-6-3-7-11-20/h2-11,18H,12-17,22H2,1H3. The molecule has 0 aliphatic carbocycles. The fraction of sp³-hybridized carbons (Fsp3) is 0.429. The van der Waals surface area contributed by atoms with Crippen molar-refractivity contribution in [3.63, 3.8) is 0 Å². The van der Waals surface area contributed by atoms with E-state index in [1.165, 1.54) is 11.1 Å². The lowest BCUT2D eigenvalue weighted by Gasteiger charge is -2.42. The van der Waals surface area contributed by atoms with Crippen LogP contribution in [0.1, 0.15) is 18.1 Å². The number of morpholine rings is 1. The average molecular weight is 324 g/mol. The van der Waals surface area contributed by atoms with Crippen LogP contribution in [0.15, 0.2) is 60.7 Å². The predicted octanol–water partition coefficient (Wildman–Crippen LogP) is 2.90. The number of benzene rings is 2. The minimum Gasteiger partial charge on any atom is -0.379 e. The zero-order valence-corrected chi connectivity index (χ0v) is 14.5. The molecule has 1 aliphatic heterocycles. The normalized spacial score (nSPS) is 17.6. The quantitative estimate of drug-likeness (QED) is 0.888. The van der Waals surface area contributed by atoms with Crippen molar-refractivity contribution in [1.29, 1.82) is 0 Å². The van der Waals surface area contributed by atoms with E-state index in [9.17, 15) is 0 Å². The molecule has 128 valence electrons. The van der Waals surface area contributed by atoms with Crippen molar-refractivity contribution in [2.24, 2.45) is 11.7 Å². The fourth-order valence-corrected chi connectivity index (χ4v) is 3.97. The fourth-order valence-electron chi connectivity index (χ4n) is 3.97. The molecule has 0 bridgehead atoms. The van der Waals surface area contributed by atoms with Crippen LogP contribution < -0.4 is 5.73 Å². The molecule has 1 atom stereocenters. The predicted molar refractivity (Wildman–Crippen MR) is 99.1 cm³/mol. The molecule has 0 spiro atoms. The van der Waals surface area contributed by atoms with Gasteiger partial charge in [0, 0.05) is 31.6 Å². The molecule has 1 heterocycles. The average Bonchev–Trinajstić information content (AvgIpc) is 2.65. The van der Waals surface area contributed by atoms with E-state index in [-0.39, 0.29) is 5.41 Å². The lowest BCUT2D eigenvalue weighted by atomic mass is 9.66. The smallest absolute Gasteiger partial charge is 0.0594 e. The monoisotopic (exact) mass is 324 g/mol. The van der Waals surface area contributed by atoms with Gasteiger partial charge in [0.15, 0.2) is 0 Å². The zero-order valence-electron chi connectivity index (χ0n) is 14.5. The molecule has 1 saturated heterocycles. The number of hydrogen-bond donors (Lipinski definition) is 1.